The van der Waals surface area contributed by atoms with Gasteiger partial charge in [-0.1, -0.05) is 30.3 Å². The van der Waals surface area contributed by atoms with Gasteiger partial charge in [0.1, 0.15) is 12.4 Å². The second-order valence-electron chi connectivity index (χ2n) is 6.20. The van der Waals surface area contributed by atoms with E-state index in [1.807, 2.05) is 7.05 Å². The number of piperidine rings is 1. The van der Waals surface area contributed by atoms with Crippen molar-refractivity contribution in [1.82, 2.24) is 10.2 Å². The number of ether oxygens (including phenoxy) is 1. The molecule has 1 aliphatic heterocycles. The molecule has 2 aromatic carbocycles. The van der Waals surface area contributed by atoms with Gasteiger partial charge in [0.15, 0.2) is 0 Å². The van der Waals surface area contributed by atoms with Crippen molar-refractivity contribution in [1.29, 1.82) is 0 Å². The first kappa shape index (κ1) is 15.3. The van der Waals surface area contributed by atoms with Gasteiger partial charge in [-0.15, -0.1) is 0 Å². The van der Waals surface area contributed by atoms with E-state index in [1.165, 1.54) is 36.7 Å². The van der Waals surface area contributed by atoms with Crippen LogP contribution in [0.25, 0.3) is 10.8 Å². The second-order valence-corrected chi connectivity index (χ2v) is 6.20. The minimum atomic E-state index is 0.773. The number of fused-ring (bicyclic) bond motifs is 1. The maximum atomic E-state index is 5.94. The summed E-state index contributed by atoms with van der Waals surface area (Å²) in [6, 6.07) is 14.7. The molecule has 0 radical (unpaired) electrons. The van der Waals surface area contributed by atoms with Crippen molar-refractivity contribution in [2.75, 3.05) is 39.8 Å². The molecule has 0 atom stereocenters. The zero-order valence-corrected chi connectivity index (χ0v) is 13.4. The predicted octanol–water partition coefficient (Wildman–Crippen LogP) is 3.15. The molecular weight excluding hydrogens is 272 g/mol. The minimum absolute atomic E-state index is 0.773. The summed E-state index contributed by atoms with van der Waals surface area (Å²) < 4.78 is 5.94. The van der Waals surface area contributed by atoms with E-state index >= 15 is 0 Å². The van der Waals surface area contributed by atoms with Crippen LogP contribution in [0.5, 0.6) is 5.75 Å². The highest BCUT2D eigenvalue weighted by atomic mass is 16.5. The zero-order valence-electron chi connectivity index (χ0n) is 13.4. The van der Waals surface area contributed by atoms with E-state index in [2.05, 4.69) is 52.7 Å². The molecule has 0 unspecified atom stereocenters. The zero-order chi connectivity index (χ0) is 15.2. The first-order chi connectivity index (χ1) is 10.8. The Kier molecular flexibility index (Phi) is 5.30. The third kappa shape index (κ3) is 3.99. The van der Waals surface area contributed by atoms with E-state index in [0.717, 1.165) is 31.4 Å². The number of nitrogens with one attached hydrogen (secondary N) is 1. The van der Waals surface area contributed by atoms with Crippen molar-refractivity contribution in [3.05, 3.63) is 42.5 Å². The van der Waals surface area contributed by atoms with Crippen LogP contribution in [0, 0.1) is 5.92 Å². The SMILES string of the molecule is CNCC1CCN(CCOc2ccc3ccccc3c2)CC1. The number of benzene rings is 2. The van der Waals surface area contributed by atoms with Gasteiger partial charge in [0.05, 0.1) is 0 Å². The average molecular weight is 298 g/mol. The summed E-state index contributed by atoms with van der Waals surface area (Å²) in [5, 5.41) is 5.80. The fourth-order valence-electron chi connectivity index (χ4n) is 3.25. The van der Waals surface area contributed by atoms with Crippen molar-refractivity contribution < 1.29 is 4.74 Å². The van der Waals surface area contributed by atoms with E-state index in [4.69, 9.17) is 4.74 Å². The molecule has 1 saturated heterocycles. The maximum Gasteiger partial charge on any atom is 0.120 e. The van der Waals surface area contributed by atoms with Gasteiger partial charge in [-0.2, -0.15) is 0 Å². The van der Waals surface area contributed by atoms with Crippen LogP contribution >= 0.6 is 0 Å². The summed E-state index contributed by atoms with van der Waals surface area (Å²) in [7, 11) is 2.05. The van der Waals surface area contributed by atoms with Crippen molar-refractivity contribution in [3.8, 4) is 5.75 Å². The molecule has 0 bridgehead atoms. The van der Waals surface area contributed by atoms with Crippen LogP contribution in [0.3, 0.4) is 0 Å². The van der Waals surface area contributed by atoms with E-state index in [0.29, 0.717) is 0 Å². The van der Waals surface area contributed by atoms with Crippen molar-refractivity contribution >= 4 is 10.8 Å². The molecule has 0 saturated carbocycles. The number of hydrogen-bond acceptors (Lipinski definition) is 3. The highest BCUT2D eigenvalue weighted by Gasteiger charge is 2.18. The second kappa shape index (κ2) is 7.61. The molecule has 22 heavy (non-hydrogen) atoms. The van der Waals surface area contributed by atoms with Gasteiger partial charge in [-0.3, -0.25) is 4.90 Å². The number of likely N-dealkylation sites (tertiary alicyclic amines) is 1. The molecule has 0 amide bonds. The van der Waals surface area contributed by atoms with Crippen LogP contribution in [0.4, 0.5) is 0 Å². The maximum absolute atomic E-state index is 5.94. The standard InChI is InChI=1S/C19H26N2O/c1-20-15-16-8-10-21(11-9-16)12-13-22-19-7-6-17-4-2-3-5-18(17)14-19/h2-7,14,16,20H,8-13,15H2,1H3. The Morgan fingerprint density at radius 2 is 1.86 bits per heavy atom. The first-order valence-electron chi connectivity index (χ1n) is 8.34. The van der Waals surface area contributed by atoms with Gasteiger partial charge in [0, 0.05) is 6.54 Å². The normalized spacial score (nSPS) is 17.0. The van der Waals surface area contributed by atoms with Crippen LogP contribution < -0.4 is 10.1 Å². The summed E-state index contributed by atoms with van der Waals surface area (Å²) in [6.45, 7) is 5.36. The molecule has 3 nitrogen and oxygen atoms in total. The van der Waals surface area contributed by atoms with Crippen LogP contribution in [-0.2, 0) is 0 Å². The molecule has 1 heterocycles. The Hall–Kier alpha value is -1.58. The molecule has 1 aliphatic rings. The third-order valence-electron chi connectivity index (χ3n) is 4.60. The predicted molar refractivity (Wildman–Crippen MR) is 92.5 cm³/mol. The van der Waals surface area contributed by atoms with Gasteiger partial charge < -0.3 is 10.1 Å². The first-order valence-corrected chi connectivity index (χ1v) is 8.34. The molecular formula is C19H26N2O. The van der Waals surface area contributed by atoms with E-state index in [9.17, 15) is 0 Å². The quantitative estimate of drug-likeness (QED) is 0.886. The van der Waals surface area contributed by atoms with E-state index in [1.54, 1.807) is 0 Å². The molecule has 3 rings (SSSR count). The van der Waals surface area contributed by atoms with Crippen LogP contribution in [0.15, 0.2) is 42.5 Å². The van der Waals surface area contributed by atoms with Crippen LogP contribution in [0.2, 0.25) is 0 Å². The van der Waals surface area contributed by atoms with Gasteiger partial charge >= 0.3 is 0 Å². The van der Waals surface area contributed by atoms with Crippen molar-refractivity contribution in [2.24, 2.45) is 5.92 Å². The number of nitrogens with zero attached hydrogens (tertiary/aromatic N) is 1. The lowest BCUT2D eigenvalue weighted by Crippen LogP contribution is -2.38. The van der Waals surface area contributed by atoms with Crippen LogP contribution in [-0.4, -0.2) is 44.7 Å². The topological polar surface area (TPSA) is 24.5 Å². The largest absolute Gasteiger partial charge is 0.492 e. The summed E-state index contributed by atoms with van der Waals surface area (Å²) in [5.41, 5.74) is 0. The summed E-state index contributed by atoms with van der Waals surface area (Å²) in [5.74, 6) is 1.83. The molecule has 0 aliphatic carbocycles. The minimum Gasteiger partial charge on any atom is -0.492 e. The van der Waals surface area contributed by atoms with Crippen molar-refractivity contribution in [2.45, 2.75) is 12.8 Å². The molecule has 0 aromatic heterocycles. The number of rotatable bonds is 6. The molecule has 1 N–H and O–H groups in total. The lowest BCUT2D eigenvalue weighted by Gasteiger charge is -2.31. The Morgan fingerprint density at radius 3 is 2.64 bits per heavy atom. The Balaban J connectivity index is 1.44. The summed E-state index contributed by atoms with van der Waals surface area (Å²) in [6.07, 6.45) is 2.60. The summed E-state index contributed by atoms with van der Waals surface area (Å²) >= 11 is 0. The van der Waals surface area contributed by atoms with Crippen molar-refractivity contribution in [3.63, 3.8) is 0 Å². The van der Waals surface area contributed by atoms with E-state index < -0.39 is 0 Å². The van der Waals surface area contributed by atoms with Gasteiger partial charge in [0.25, 0.3) is 0 Å². The summed E-state index contributed by atoms with van der Waals surface area (Å²) in [4.78, 5) is 2.52. The molecule has 2 aromatic rings. The monoisotopic (exact) mass is 298 g/mol. The van der Waals surface area contributed by atoms with Gasteiger partial charge in [0.2, 0.25) is 0 Å². The van der Waals surface area contributed by atoms with E-state index in [-0.39, 0.29) is 0 Å². The fraction of sp³-hybridized carbons (Fsp3) is 0.474. The fourth-order valence-corrected chi connectivity index (χ4v) is 3.25. The lowest BCUT2D eigenvalue weighted by molar-refractivity contribution is 0.155. The number of hydrogen-bond donors (Lipinski definition) is 1. The van der Waals surface area contributed by atoms with Gasteiger partial charge in [-0.25, -0.2) is 0 Å². The molecule has 3 heteroatoms. The Morgan fingerprint density at radius 1 is 1.09 bits per heavy atom. The molecule has 1 fully saturated rings. The highest BCUT2D eigenvalue weighted by molar-refractivity contribution is 5.83. The lowest BCUT2D eigenvalue weighted by atomic mass is 9.97. The smallest absolute Gasteiger partial charge is 0.120 e. The van der Waals surface area contributed by atoms with Crippen LogP contribution in [0.1, 0.15) is 12.8 Å². The third-order valence-corrected chi connectivity index (χ3v) is 4.60. The van der Waals surface area contributed by atoms with Gasteiger partial charge in [-0.05, 0) is 68.3 Å². The molecule has 118 valence electrons. The molecule has 0 spiro atoms. The Labute approximate surface area is 133 Å². The highest BCUT2D eigenvalue weighted by Crippen LogP contribution is 2.21. The Bertz CT molecular complexity index is 591. The average Bonchev–Trinajstić information content (AvgIpc) is 2.57.